The number of hydrogen-bond donors (Lipinski definition) is 1. The Morgan fingerprint density at radius 2 is 2.11 bits per heavy atom. The van der Waals surface area contributed by atoms with Gasteiger partial charge in [0, 0.05) is 23.9 Å². The average Bonchev–Trinajstić information content (AvgIpc) is 3.37. The third kappa shape index (κ3) is 5.94. The quantitative estimate of drug-likeness (QED) is 0.523. The Hall–Kier alpha value is -2.12. The minimum Gasteiger partial charge on any atom is -0.355 e. The van der Waals surface area contributed by atoms with E-state index < -0.39 is 0 Å². The van der Waals surface area contributed by atoms with Crippen molar-refractivity contribution in [1.29, 1.82) is 0 Å². The van der Waals surface area contributed by atoms with Crippen molar-refractivity contribution in [3.63, 3.8) is 0 Å². The molecule has 2 heterocycles. The zero-order valence-corrected chi connectivity index (χ0v) is 17.0. The van der Waals surface area contributed by atoms with Gasteiger partial charge in [-0.15, -0.1) is 21.5 Å². The number of carbonyl (C=O) groups excluding carboxylic acids is 1. The van der Waals surface area contributed by atoms with Crippen LogP contribution < -0.4 is 5.32 Å². The number of hydrogen-bond acceptors (Lipinski definition) is 5. The molecule has 1 aromatic carbocycles. The molecule has 1 unspecified atom stereocenters. The first kappa shape index (κ1) is 19.6. The van der Waals surface area contributed by atoms with Crippen LogP contribution in [0.2, 0.25) is 0 Å². The second kappa shape index (κ2) is 10.3. The summed E-state index contributed by atoms with van der Waals surface area (Å²) >= 11 is 3.19. The van der Waals surface area contributed by atoms with Gasteiger partial charge in [-0.1, -0.05) is 55.1 Å². The molecule has 27 heavy (non-hydrogen) atoms. The second-order valence-electron chi connectivity index (χ2n) is 6.24. The predicted molar refractivity (Wildman–Crippen MR) is 111 cm³/mol. The van der Waals surface area contributed by atoms with Crippen molar-refractivity contribution in [2.45, 2.75) is 37.4 Å². The van der Waals surface area contributed by atoms with Gasteiger partial charge in [-0.25, -0.2) is 0 Å². The maximum Gasteiger partial charge on any atom is 0.230 e. The molecule has 1 amide bonds. The van der Waals surface area contributed by atoms with E-state index in [9.17, 15) is 4.79 Å². The van der Waals surface area contributed by atoms with E-state index in [4.69, 9.17) is 0 Å². The highest BCUT2D eigenvalue weighted by atomic mass is 32.2. The van der Waals surface area contributed by atoms with Crippen molar-refractivity contribution in [3.05, 3.63) is 64.6 Å². The SMILES string of the molecule is CCC(CNC(=O)CSc1nncn1CCc1cccs1)c1ccccc1. The van der Waals surface area contributed by atoms with Crippen LogP contribution in [0, 0.1) is 0 Å². The smallest absolute Gasteiger partial charge is 0.230 e. The van der Waals surface area contributed by atoms with E-state index in [1.807, 2.05) is 22.8 Å². The van der Waals surface area contributed by atoms with Crippen LogP contribution in [-0.4, -0.2) is 33.0 Å². The zero-order valence-electron chi connectivity index (χ0n) is 15.4. The van der Waals surface area contributed by atoms with Crippen molar-refractivity contribution in [2.75, 3.05) is 12.3 Å². The van der Waals surface area contributed by atoms with Crippen molar-refractivity contribution in [2.24, 2.45) is 0 Å². The molecule has 2 aromatic heterocycles. The van der Waals surface area contributed by atoms with Crippen molar-refractivity contribution < 1.29 is 4.79 Å². The summed E-state index contributed by atoms with van der Waals surface area (Å²) in [5.74, 6) is 0.722. The van der Waals surface area contributed by atoms with Crippen molar-refractivity contribution in [1.82, 2.24) is 20.1 Å². The van der Waals surface area contributed by atoms with Gasteiger partial charge in [-0.3, -0.25) is 4.79 Å². The molecule has 0 spiro atoms. The molecule has 142 valence electrons. The summed E-state index contributed by atoms with van der Waals surface area (Å²) in [7, 11) is 0. The van der Waals surface area contributed by atoms with Gasteiger partial charge in [0.05, 0.1) is 5.75 Å². The highest BCUT2D eigenvalue weighted by molar-refractivity contribution is 7.99. The van der Waals surface area contributed by atoms with Crippen LogP contribution in [0.3, 0.4) is 0 Å². The van der Waals surface area contributed by atoms with Gasteiger partial charge in [-0.05, 0) is 29.9 Å². The Bertz CT molecular complexity index is 818. The Morgan fingerprint density at radius 1 is 1.26 bits per heavy atom. The van der Waals surface area contributed by atoms with E-state index >= 15 is 0 Å². The summed E-state index contributed by atoms with van der Waals surface area (Å²) in [5, 5.41) is 14.1. The molecule has 1 N–H and O–H groups in total. The highest BCUT2D eigenvalue weighted by Crippen LogP contribution is 2.19. The molecule has 5 nitrogen and oxygen atoms in total. The average molecular weight is 401 g/mol. The van der Waals surface area contributed by atoms with Crippen molar-refractivity contribution in [3.8, 4) is 0 Å². The molecule has 0 aliphatic heterocycles. The first-order chi connectivity index (χ1) is 13.3. The Balaban J connectivity index is 1.44. The molecule has 0 fully saturated rings. The van der Waals surface area contributed by atoms with Crippen LogP contribution in [-0.2, 0) is 17.8 Å². The lowest BCUT2D eigenvalue weighted by molar-refractivity contribution is -0.118. The lowest BCUT2D eigenvalue weighted by Gasteiger charge is -2.16. The van der Waals surface area contributed by atoms with Gasteiger partial charge < -0.3 is 9.88 Å². The molecule has 0 bridgehead atoms. The monoisotopic (exact) mass is 400 g/mol. The summed E-state index contributed by atoms with van der Waals surface area (Å²) in [6, 6.07) is 14.5. The molecule has 3 rings (SSSR count). The maximum atomic E-state index is 12.3. The minimum atomic E-state index is 0.0298. The molecular formula is C20H24N4OS2. The maximum absolute atomic E-state index is 12.3. The molecule has 0 aliphatic carbocycles. The third-order valence-electron chi connectivity index (χ3n) is 4.40. The molecule has 0 saturated heterocycles. The number of amides is 1. The summed E-state index contributed by atoms with van der Waals surface area (Å²) in [6.45, 7) is 3.63. The van der Waals surface area contributed by atoms with Gasteiger partial charge in [0.2, 0.25) is 5.91 Å². The summed E-state index contributed by atoms with van der Waals surface area (Å²) in [6.07, 6.45) is 3.68. The molecule has 3 aromatic rings. The van der Waals surface area contributed by atoms with Crippen LogP contribution in [0.25, 0.3) is 0 Å². The number of rotatable bonds is 10. The topological polar surface area (TPSA) is 59.8 Å². The van der Waals surface area contributed by atoms with E-state index in [-0.39, 0.29) is 5.91 Å². The highest BCUT2D eigenvalue weighted by Gasteiger charge is 2.12. The summed E-state index contributed by atoms with van der Waals surface area (Å²) < 4.78 is 2.01. The number of thiophene rings is 1. The predicted octanol–water partition coefficient (Wildman–Crippen LogP) is 3.98. The van der Waals surface area contributed by atoms with Crippen LogP contribution in [0.5, 0.6) is 0 Å². The van der Waals surface area contributed by atoms with E-state index in [0.717, 1.165) is 24.5 Å². The number of carbonyl (C=O) groups is 1. The normalized spacial score (nSPS) is 12.0. The van der Waals surface area contributed by atoms with E-state index in [0.29, 0.717) is 18.2 Å². The number of benzene rings is 1. The van der Waals surface area contributed by atoms with Gasteiger partial charge >= 0.3 is 0 Å². The molecule has 0 aliphatic rings. The molecule has 1 atom stereocenters. The largest absolute Gasteiger partial charge is 0.355 e. The van der Waals surface area contributed by atoms with E-state index in [2.05, 4.69) is 52.1 Å². The first-order valence-electron chi connectivity index (χ1n) is 9.11. The van der Waals surface area contributed by atoms with Crippen LogP contribution in [0.1, 0.15) is 29.7 Å². The molecule has 7 heteroatoms. The fraction of sp³-hybridized carbons (Fsp3) is 0.350. The number of aryl methyl sites for hydroxylation is 2. The van der Waals surface area contributed by atoms with E-state index in [1.165, 1.54) is 22.2 Å². The number of nitrogens with one attached hydrogen (secondary N) is 1. The Morgan fingerprint density at radius 3 is 2.85 bits per heavy atom. The zero-order chi connectivity index (χ0) is 18.9. The van der Waals surface area contributed by atoms with Crippen LogP contribution in [0.15, 0.2) is 59.3 Å². The van der Waals surface area contributed by atoms with Gasteiger partial charge in [0.1, 0.15) is 6.33 Å². The lowest BCUT2D eigenvalue weighted by atomic mass is 9.96. The number of nitrogens with zero attached hydrogens (tertiary/aromatic N) is 3. The first-order valence-corrected chi connectivity index (χ1v) is 11.0. The number of thioether (sulfide) groups is 1. The minimum absolute atomic E-state index is 0.0298. The Labute approximate surface area is 168 Å². The van der Waals surface area contributed by atoms with Gasteiger partial charge in [0.25, 0.3) is 0 Å². The standard InChI is InChI=1S/C20H24N4OS2/c1-2-16(17-7-4-3-5-8-17)13-21-19(25)14-27-20-23-22-15-24(20)11-10-18-9-6-12-26-18/h3-9,12,15-16H,2,10-11,13-14H2,1H3,(H,21,25). The lowest BCUT2D eigenvalue weighted by Crippen LogP contribution is -2.29. The van der Waals surface area contributed by atoms with Crippen LogP contribution in [0.4, 0.5) is 0 Å². The fourth-order valence-corrected chi connectivity index (χ4v) is 4.31. The van der Waals surface area contributed by atoms with E-state index in [1.54, 1.807) is 17.7 Å². The summed E-state index contributed by atoms with van der Waals surface area (Å²) in [5.41, 5.74) is 1.27. The summed E-state index contributed by atoms with van der Waals surface area (Å²) in [4.78, 5) is 13.6. The second-order valence-corrected chi connectivity index (χ2v) is 8.22. The Kier molecular flexibility index (Phi) is 7.47. The van der Waals surface area contributed by atoms with Gasteiger partial charge in [-0.2, -0.15) is 0 Å². The van der Waals surface area contributed by atoms with Crippen LogP contribution >= 0.6 is 23.1 Å². The van der Waals surface area contributed by atoms with Gasteiger partial charge in [0.15, 0.2) is 5.16 Å². The number of aromatic nitrogens is 3. The molecular weight excluding hydrogens is 376 g/mol. The third-order valence-corrected chi connectivity index (χ3v) is 6.32. The van der Waals surface area contributed by atoms with Crippen molar-refractivity contribution >= 4 is 29.0 Å². The molecule has 0 saturated carbocycles. The molecule has 0 radical (unpaired) electrons. The fourth-order valence-electron chi connectivity index (χ4n) is 2.84.